The Labute approximate surface area is 171 Å². The average Bonchev–Trinajstić information content (AvgIpc) is 2.56. The van der Waals surface area contributed by atoms with Crippen LogP contribution in [-0.4, -0.2) is 20.8 Å². The summed E-state index contributed by atoms with van der Waals surface area (Å²) in [5, 5.41) is 15.8. The van der Waals surface area contributed by atoms with Crippen molar-refractivity contribution in [2.45, 2.75) is 32.7 Å². The van der Waals surface area contributed by atoms with Gasteiger partial charge in [0.2, 0.25) is 0 Å². The molecule has 1 N–H and O–H groups in total. The van der Waals surface area contributed by atoms with E-state index >= 15 is 0 Å². The van der Waals surface area contributed by atoms with Crippen molar-refractivity contribution in [2.75, 3.05) is 20.8 Å². The predicted octanol–water partition coefficient (Wildman–Crippen LogP) is -0.172. The van der Waals surface area contributed by atoms with E-state index in [4.69, 9.17) is 9.47 Å². The van der Waals surface area contributed by atoms with E-state index in [0.717, 1.165) is 24.9 Å². The first-order chi connectivity index (χ1) is 11.5. The maximum absolute atomic E-state index is 12.2. The number of fused-ring (bicyclic) bond motifs is 1. The van der Waals surface area contributed by atoms with Gasteiger partial charge in [-0.2, -0.15) is 0 Å². The minimum atomic E-state index is -0.136. The molecular weight excluding hydrogens is 325 g/mol. The second-order valence-electron chi connectivity index (χ2n) is 6.43. The topological polar surface area (TPSA) is 53.5 Å². The summed E-state index contributed by atoms with van der Waals surface area (Å²) in [7, 11) is 3.05. The van der Waals surface area contributed by atoms with Crippen LogP contribution in [-0.2, 0) is 12.8 Å². The monoisotopic (exact) mass is 349 g/mol. The Morgan fingerprint density at radius 3 is 2.48 bits per heavy atom. The van der Waals surface area contributed by atoms with Crippen molar-refractivity contribution in [2.24, 2.45) is 0 Å². The Bertz CT molecular complexity index is 761. The van der Waals surface area contributed by atoms with Gasteiger partial charge in [0, 0.05) is 6.04 Å². The molecule has 1 aliphatic heterocycles. The van der Waals surface area contributed by atoms with E-state index in [1.165, 1.54) is 29.4 Å². The Balaban J connectivity index is 0.00000225. The maximum Gasteiger partial charge on any atom is 1.00 e. The Kier molecular flexibility index (Phi) is 6.80. The normalized spacial score (nSPS) is 15.9. The van der Waals surface area contributed by atoms with Crippen LogP contribution >= 0.6 is 0 Å². The zero-order chi connectivity index (χ0) is 17.3. The second kappa shape index (κ2) is 8.45. The summed E-state index contributed by atoms with van der Waals surface area (Å²) in [6.07, 6.45) is 1.80. The molecule has 5 heteroatoms. The van der Waals surface area contributed by atoms with E-state index in [2.05, 4.69) is 31.3 Å². The SMILES string of the molecule is COc1cc(CC2NCCc3cc(C)c(C)cc32)cc([O-])c1OC.[Na+]. The molecule has 0 bridgehead atoms. The number of methoxy groups -OCH3 is 2. The molecule has 2 aromatic rings. The van der Waals surface area contributed by atoms with E-state index in [-0.39, 0.29) is 47.1 Å². The van der Waals surface area contributed by atoms with Gasteiger partial charge >= 0.3 is 29.6 Å². The summed E-state index contributed by atoms with van der Waals surface area (Å²) in [6, 6.07) is 8.34. The fourth-order valence-corrected chi connectivity index (χ4v) is 3.45. The van der Waals surface area contributed by atoms with Gasteiger partial charge in [0.15, 0.2) is 11.5 Å². The van der Waals surface area contributed by atoms with E-state index in [1.54, 1.807) is 13.2 Å². The summed E-state index contributed by atoms with van der Waals surface area (Å²) < 4.78 is 10.4. The minimum Gasteiger partial charge on any atom is -0.870 e. The van der Waals surface area contributed by atoms with Crippen molar-refractivity contribution in [3.63, 3.8) is 0 Å². The molecule has 0 aromatic heterocycles. The minimum absolute atomic E-state index is 0. The number of ether oxygens (including phenoxy) is 2. The van der Waals surface area contributed by atoms with Gasteiger partial charge in [-0.25, -0.2) is 0 Å². The number of benzene rings is 2. The van der Waals surface area contributed by atoms with Crippen LogP contribution in [0, 0.1) is 13.8 Å². The van der Waals surface area contributed by atoms with Crippen LogP contribution in [0.5, 0.6) is 17.2 Å². The molecule has 25 heavy (non-hydrogen) atoms. The Hall–Kier alpha value is -1.20. The molecule has 3 rings (SSSR count). The van der Waals surface area contributed by atoms with E-state index in [9.17, 15) is 5.11 Å². The van der Waals surface area contributed by atoms with Crippen molar-refractivity contribution in [3.8, 4) is 17.2 Å². The molecule has 0 spiro atoms. The number of aryl methyl sites for hydroxylation is 2. The molecule has 128 valence electrons. The summed E-state index contributed by atoms with van der Waals surface area (Å²) in [6.45, 7) is 5.26. The molecule has 1 unspecified atom stereocenters. The summed E-state index contributed by atoms with van der Waals surface area (Å²) >= 11 is 0. The fourth-order valence-electron chi connectivity index (χ4n) is 3.45. The van der Waals surface area contributed by atoms with Gasteiger partial charge in [-0.3, -0.25) is 0 Å². The standard InChI is InChI=1S/C20H25NO3.Na/c1-12-7-15-5-6-21-17(16(15)8-13(12)2)9-14-10-18(22)20(24-4)19(11-14)23-3;/h7-8,10-11,17,21-22H,5-6,9H2,1-4H3;/q;+1/p-1. The van der Waals surface area contributed by atoms with E-state index in [1.807, 2.05) is 6.07 Å². The van der Waals surface area contributed by atoms with Crippen LogP contribution in [0.4, 0.5) is 0 Å². The van der Waals surface area contributed by atoms with Crippen LogP contribution < -0.4 is 49.5 Å². The molecule has 2 aromatic carbocycles. The van der Waals surface area contributed by atoms with Gasteiger partial charge in [-0.15, -0.1) is 0 Å². The third-order valence-corrected chi connectivity index (χ3v) is 4.86. The molecule has 1 heterocycles. The molecule has 0 amide bonds. The van der Waals surface area contributed by atoms with Crippen molar-refractivity contribution < 1.29 is 44.1 Å². The van der Waals surface area contributed by atoms with Crippen molar-refractivity contribution in [1.82, 2.24) is 5.32 Å². The smallest absolute Gasteiger partial charge is 0.870 e. The van der Waals surface area contributed by atoms with Gasteiger partial charge in [0.05, 0.1) is 14.2 Å². The first-order valence-electron chi connectivity index (χ1n) is 8.28. The molecule has 0 radical (unpaired) electrons. The molecule has 0 fully saturated rings. The van der Waals surface area contributed by atoms with Crippen LogP contribution in [0.2, 0.25) is 0 Å². The van der Waals surface area contributed by atoms with Crippen LogP contribution in [0.1, 0.15) is 33.9 Å². The molecule has 0 saturated carbocycles. The predicted molar refractivity (Wildman–Crippen MR) is 93.1 cm³/mol. The van der Waals surface area contributed by atoms with Crippen LogP contribution in [0.15, 0.2) is 24.3 Å². The van der Waals surface area contributed by atoms with Crippen LogP contribution in [0.25, 0.3) is 0 Å². The van der Waals surface area contributed by atoms with Crippen molar-refractivity contribution >= 4 is 0 Å². The molecule has 1 aliphatic rings. The number of rotatable bonds is 4. The second-order valence-corrected chi connectivity index (χ2v) is 6.43. The fraction of sp³-hybridized carbons (Fsp3) is 0.400. The first-order valence-corrected chi connectivity index (χ1v) is 8.28. The van der Waals surface area contributed by atoms with Gasteiger partial charge in [-0.05, 0) is 67.1 Å². The third kappa shape index (κ3) is 4.14. The summed E-state index contributed by atoms with van der Waals surface area (Å²) in [5.74, 6) is 0.629. The van der Waals surface area contributed by atoms with Gasteiger partial charge in [0.1, 0.15) is 0 Å². The zero-order valence-electron chi connectivity index (χ0n) is 15.7. The molecule has 1 atom stereocenters. The first kappa shape index (κ1) is 20.1. The zero-order valence-corrected chi connectivity index (χ0v) is 17.7. The van der Waals surface area contributed by atoms with E-state index in [0.29, 0.717) is 5.75 Å². The molecule has 0 aliphatic carbocycles. The average molecular weight is 349 g/mol. The molecule has 4 nitrogen and oxygen atoms in total. The number of hydrogen-bond donors (Lipinski definition) is 1. The molecular formula is C20H24NNaO3. The molecule has 0 saturated heterocycles. The quantitative estimate of drug-likeness (QED) is 0.779. The number of hydrogen-bond acceptors (Lipinski definition) is 4. The van der Waals surface area contributed by atoms with Crippen molar-refractivity contribution in [3.05, 3.63) is 52.1 Å². The van der Waals surface area contributed by atoms with Gasteiger partial charge < -0.3 is 19.9 Å². The van der Waals surface area contributed by atoms with Gasteiger partial charge in [0.25, 0.3) is 0 Å². The van der Waals surface area contributed by atoms with Crippen molar-refractivity contribution in [1.29, 1.82) is 0 Å². The van der Waals surface area contributed by atoms with E-state index < -0.39 is 0 Å². The summed E-state index contributed by atoms with van der Waals surface area (Å²) in [4.78, 5) is 0. The Morgan fingerprint density at radius 2 is 1.80 bits per heavy atom. The largest absolute Gasteiger partial charge is 1.00 e. The third-order valence-electron chi connectivity index (χ3n) is 4.86. The number of nitrogens with one attached hydrogen (secondary N) is 1. The van der Waals surface area contributed by atoms with Gasteiger partial charge in [-0.1, -0.05) is 23.9 Å². The Morgan fingerprint density at radius 1 is 1.08 bits per heavy atom. The van der Waals surface area contributed by atoms with Crippen LogP contribution in [0.3, 0.4) is 0 Å². The maximum atomic E-state index is 12.2. The summed E-state index contributed by atoms with van der Waals surface area (Å²) in [5.41, 5.74) is 6.35.